The zero-order valence-electron chi connectivity index (χ0n) is 12.0. The summed E-state index contributed by atoms with van der Waals surface area (Å²) in [6.45, 7) is 1.41. The summed E-state index contributed by atoms with van der Waals surface area (Å²) < 4.78 is 15.6. The Morgan fingerprint density at radius 2 is 2.43 bits per heavy atom. The molecule has 0 radical (unpaired) electrons. The van der Waals surface area contributed by atoms with Gasteiger partial charge in [-0.2, -0.15) is 0 Å². The average molecular weight is 290 g/mol. The van der Waals surface area contributed by atoms with Crippen LogP contribution in [0.4, 0.5) is 4.39 Å². The van der Waals surface area contributed by atoms with Gasteiger partial charge < -0.3 is 15.2 Å². The van der Waals surface area contributed by atoms with E-state index in [2.05, 4.69) is 15.6 Å². The van der Waals surface area contributed by atoms with E-state index in [4.69, 9.17) is 0 Å². The fraction of sp³-hybridized carbons (Fsp3) is 0.467. The zero-order chi connectivity index (χ0) is 14.8. The van der Waals surface area contributed by atoms with E-state index in [0.717, 1.165) is 30.7 Å². The van der Waals surface area contributed by atoms with Crippen LogP contribution >= 0.6 is 0 Å². The minimum Gasteiger partial charge on any atom is -0.354 e. The number of hydrogen-bond donors (Lipinski definition) is 2. The Morgan fingerprint density at radius 1 is 1.57 bits per heavy atom. The van der Waals surface area contributed by atoms with Gasteiger partial charge in [-0.15, -0.1) is 0 Å². The fourth-order valence-electron chi connectivity index (χ4n) is 2.78. The lowest BCUT2D eigenvalue weighted by molar-refractivity contribution is -0.122. The first-order valence-electron chi connectivity index (χ1n) is 7.28. The largest absolute Gasteiger partial charge is 0.354 e. The van der Waals surface area contributed by atoms with Crippen molar-refractivity contribution >= 4 is 16.9 Å². The van der Waals surface area contributed by atoms with Crippen LogP contribution in [0.3, 0.4) is 0 Å². The molecule has 1 fully saturated rings. The van der Waals surface area contributed by atoms with Crippen molar-refractivity contribution in [2.24, 2.45) is 7.05 Å². The van der Waals surface area contributed by atoms with Crippen LogP contribution < -0.4 is 10.6 Å². The number of carbonyl (C=O) groups is 1. The molecule has 1 aromatic carbocycles. The number of nitrogens with one attached hydrogen (secondary N) is 2. The number of hydrogen-bond acceptors (Lipinski definition) is 3. The Morgan fingerprint density at radius 3 is 3.14 bits per heavy atom. The second-order valence-electron chi connectivity index (χ2n) is 5.38. The number of halogens is 1. The van der Waals surface area contributed by atoms with Crippen LogP contribution in [-0.4, -0.2) is 34.6 Å². The Bertz CT molecular complexity index is 661. The molecule has 2 N–H and O–H groups in total. The molecular formula is C15H19FN4O. The second-order valence-corrected chi connectivity index (χ2v) is 5.38. The zero-order valence-corrected chi connectivity index (χ0v) is 12.0. The molecule has 0 aliphatic carbocycles. The first kappa shape index (κ1) is 14.0. The van der Waals surface area contributed by atoms with Gasteiger partial charge in [-0.05, 0) is 31.5 Å². The van der Waals surface area contributed by atoms with Gasteiger partial charge in [0.15, 0.2) is 5.82 Å². The molecule has 1 amide bonds. The molecule has 1 aromatic heterocycles. The summed E-state index contributed by atoms with van der Waals surface area (Å²) in [6.07, 6.45) is 2.52. The number of imidazole rings is 1. The van der Waals surface area contributed by atoms with E-state index < -0.39 is 0 Å². The fourth-order valence-corrected chi connectivity index (χ4v) is 2.78. The monoisotopic (exact) mass is 290 g/mol. The van der Waals surface area contributed by atoms with Crippen LogP contribution in [0, 0.1) is 5.82 Å². The number of benzene rings is 1. The highest BCUT2D eigenvalue weighted by molar-refractivity contribution is 5.82. The maximum absolute atomic E-state index is 13.7. The lowest BCUT2D eigenvalue weighted by Crippen LogP contribution is -2.41. The van der Waals surface area contributed by atoms with E-state index in [9.17, 15) is 9.18 Å². The van der Waals surface area contributed by atoms with Gasteiger partial charge in [0.25, 0.3) is 0 Å². The molecule has 1 atom stereocenters. The van der Waals surface area contributed by atoms with E-state index in [1.54, 1.807) is 6.07 Å². The van der Waals surface area contributed by atoms with Gasteiger partial charge in [0, 0.05) is 20.0 Å². The summed E-state index contributed by atoms with van der Waals surface area (Å²) in [5.74, 6) is 0.501. The number of amides is 1. The third kappa shape index (κ3) is 2.76. The molecule has 0 unspecified atom stereocenters. The van der Waals surface area contributed by atoms with E-state index >= 15 is 0 Å². The lowest BCUT2D eigenvalue weighted by Gasteiger charge is -2.10. The molecule has 5 nitrogen and oxygen atoms in total. The predicted octanol–water partition coefficient (Wildman–Crippen LogP) is 1.12. The van der Waals surface area contributed by atoms with Crippen LogP contribution in [0.15, 0.2) is 18.2 Å². The smallest absolute Gasteiger partial charge is 0.237 e. The van der Waals surface area contributed by atoms with E-state index in [-0.39, 0.29) is 17.8 Å². The third-order valence-electron chi connectivity index (χ3n) is 3.98. The molecule has 0 spiro atoms. The summed E-state index contributed by atoms with van der Waals surface area (Å²) in [5.41, 5.74) is 1.16. The highest BCUT2D eigenvalue weighted by Gasteiger charge is 2.21. The van der Waals surface area contributed by atoms with Crippen molar-refractivity contribution < 1.29 is 9.18 Å². The van der Waals surface area contributed by atoms with Crippen molar-refractivity contribution in [3.63, 3.8) is 0 Å². The topological polar surface area (TPSA) is 59.0 Å². The third-order valence-corrected chi connectivity index (χ3v) is 3.98. The molecule has 0 bridgehead atoms. The standard InChI is InChI=1S/C15H19FN4O/c1-20-12-6-2-4-10(16)14(12)19-13(20)7-9-18-15(21)11-5-3-8-17-11/h2,4,6,11,17H,3,5,7-9H2,1H3,(H,18,21)/t11-/m0/s1. The molecule has 2 aromatic rings. The van der Waals surface area contributed by atoms with Crippen LogP contribution in [-0.2, 0) is 18.3 Å². The maximum Gasteiger partial charge on any atom is 0.237 e. The minimum atomic E-state index is -0.312. The predicted molar refractivity (Wildman–Crippen MR) is 78.4 cm³/mol. The molecule has 1 saturated heterocycles. The first-order valence-corrected chi connectivity index (χ1v) is 7.28. The van der Waals surface area contributed by atoms with Crippen molar-refractivity contribution in [1.29, 1.82) is 0 Å². The molecule has 3 rings (SSSR count). The molecule has 6 heteroatoms. The number of nitrogens with zero attached hydrogens (tertiary/aromatic N) is 2. The SMILES string of the molecule is Cn1c(CCNC(=O)[C@@H]2CCCN2)nc2c(F)cccc21. The summed E-state index contributed by atoms with van der Waals surface area (Å²) in [6, 6.07) is 4.86. The summed E-state index contributed by atoms with van der Waals surface area (Å²) >= 11 is 0. The van der Waals surface area contributed by atoms with Crippen LogP contribution in [0.25, 0.3) is 11.0 Å². The van der Waals surface area contributed by atoms with Crippen LogP contribution in [0.2, 0.25) is 0 Å². The van der Waals surface area contributed by atoms with Gasteiger partial charge >= 0.3 is 0 Å². The number of fused-ring (bicyclic) bond motifs is 1. The average Bonchev–Trinajstić information content (AvgIpc) is 3.10. The molecular weight excluding hydrogens is 271 g/mol. The molecule has 2 heterocycles. The van der Waals surface area contributed by atoms with Gasteiger partial charge in [0.05, 0.1) is 11.6 Å². The number of aromatic nitrogens is 2. The van der Waals surface area contributed by atoms with Crippen molar-refractivity contribution in [3.8, 4) is 0 Å². The second kappa shape index (κ2) is 5.81. The minimum absolute atomic E-state index is 0.0393. The molecule has 21 heavy (non-hydrogen) atoms. The van der Waals surface area contributed by atoms with Gasteiger partial charge in [-0.3, -0.25) is 4.79 Å². The molecule has 1 aliphatic rings. The highest BCUT2D eigenvalue weighted by Crippen LogP contribution is 2.18. The van der Waals surface area contributed by atoms with Crippen molar-refractivity contribution in [1.82, 2.24) is 20.2 Å². The lowest BCUT2D eigenvalue weighted by atomic mass is 10.2. The first-order chi connectivity index (χ1) is 10.2. The molecule has 1 aliphatic heterocycles. The van der Waals surface area contributed by atoms with Gasteiger partial charge in [-0.1, -0.05) is 6.07 Å². The van der Waals surface area contributed by atoms with Crippen molar-refractivity contribution in [2.75, 3.05) is 13.1 Å². The summed E-state index contributed by atoms with van der Waals surface area (Å²) in [7, 11) is 1.87. The number of carbonyl (C=O) groups excluding carboxylic acids is 1. The summed E-state index contributed by atoms with van der Waals surface area (Å²) in [4.78, 5) is 16.2. The van der Waals surface area contributed by atoms with Crippen molar-refractivity contribution in [2.45, 2.75) is 25.3 Å². The Labute approximate surface area is 122 Å². The van der Waals surface area contributed by atoms with Crippen LogP contribution in [0.5, 0.6) is 0 Å². The number of aryl methyl sites for hydroxylation is 1. The van der Waals surface area contributed by atoms with Gasteiger partial charge in [0.1, 0.15) is 11.3 Å². The number of rotatable bonds is 4. The van der Waals surface area contributed by atoms with E-state index in [1.165, 1.54) is 6.07 Å². The molecule has 112 valence electrons. The van der Waals surface area contributed by atoms with E-state index in [0.29, 0.717) is 18.5 Å². The quantitative estimate of drug-likeness (QED) is 0.887. The van der Waals surface area contributed by atoms with Gasteiger partial charge in [0.2, 0.25) is 5.91 Å². The van der Waals surface area contributed by atoms with E-state index in [1.807, 2.05) is 17.7 Å². The maximum atomic E-state index is 13.7. The highest BCUT2D eigenvalue weighted by atomic mass is 19.1. The molecule has 0 saturated carbocycles. The van der Waals surface area contributed by atoms with Crippen molar-refractivity contribution in [3.05, 3.63) is 29.8 Å². The number of para-hydroxylation sites is 1. The van der Waals surface area contributed by atoms with Crippen LogP contribution in [0.1, 0.15) is 18.7 Å². The Balaban J connectivity index is 1.64. The summed E-state index contributed by atoms with van der Waals surface area (Å²) in [5, 5.41) is 6.07. The van der Waals surface area contributed by atoms with Gasteiger partial charge in [-0.25, -0.2) is 9.37 Å². The normalized spacial score (nSPS) is 18.3. The Hall–Kier alpha value is -1.95. The Kier molecular flexibility index (Phi) is 3.88.